The van der Waals surface area contributed by atoms with Crippen LogP contribution < -0.4 is 15.8 Å². The predicted molar refractivity (Wildman–Crippen MR) is 136 cm³/mol. The van der Waals surface area contributed by atoms with Crippen LogP contribution in [0, 0.1) is 11.8 Å². The first-order valence-electron chi connectivity index (χ1n) is 10.8. The average Bonchev–Trinajstić information content (AvgIpc) is 3.20. The molecule has 11 heteroatoms. The lowest BCUT2D eigenvalue weighted by atomic mass is 10.1. The molecule has 4 rings (SSSR count). The lowest BCUT2D eigenvalue weighted by Gasteiger charge is -2.28. The van der Waals surface area contributed by atoms with E-state index in [1.165, 1.54) is 0 Å². The molecule has 0 spiro atoms. The molecule has 0 bridgehead atoms. The lowest BCUT2D eigenvalue weighted by Crippen LogP contribution is -2.44. The van der Waals surface area contributed by atoms with Gasteiger partial charge in [-0.2, -0.15) is 4.98 Å². The van der Waals surface area contributed by atoms with Crippen LogP contribution in [0.25, 0.3) is 11.2 Å². The van der Waals surface area contributed by atoms with Gasteiger partial charge in [-0.25, -0.2) is 4.98 Å². The summed E-state index contributed by atoms with van der Waals surface area (Å²) in [6.07, 6.45) is 0.627. The van der Waals surface area contributed by atoms with Gasteiger partial charge in [-0.15, -0.1) is 18.3 Å². The average molecular weight is 503 g/mol. The summed E-state index contributed by atoms with van der Waals surface area (Å²) < 4.78 is 3.42. The number of imidazole rings is 1. The fourth-order valence-electron chi connectivity index (χ4n) is 3.82. The summed E-state index contributed by atoms with van der Waals surface area (Å²) in [6.45, 7) is 5.69. The molecular weight excluding hydrogens is 476 g/mol. The summed E-state index contributed by atoms with van der Waals surface area (Å²) >= 11 is 1.04. The number of fused-ring (bicyclic) bond motifs is 1. The molecule has 0 saturated carbocycles. The lowest BCUT2D eigenvalue weighted by molar-refractivity contribution is -0.133. The van der Waals surface area contributed by atoms with Crippen LogP contribution in [0.15, 0.2) is 40.3 Å². The molecule has 0 unspecified atom stereocenters. The molecule has 1 aliphatic heterocycles. The number of thioether (sulfide) groups is 1. The molecule has 0 radical (unpaired) electrons. The second-order valence-corrected chi connectivity index (χ2v) is 8.55. The molecule has 2 aromatic heterocycles. The number of carbonyl (C=O) groups is 1. The number of piperazine rings is 1. The number of aliphatic carboxylic acids is 1. The molecule has 2 N–H and O–H groups in total. The molecule has 1 aliphatic rings. The molecule has 1 fully saturated rings. The third-order valence-corrected chi connectivity index (χ3v) is 6.38. The topological polar surface area (TPSA) is 105 Å². The highest BCUT2D eigenvalue weighted by molar-refractivity contribution is 7.99. The van der Waals surface area contributed by atoms with E-state index < -0.39 is 5.97 Å². The first-order chi connectivity index (χ1) is 16.1. The van der Waals surface area contributed by atoms with Gasteiger partial charge in [0.2, 0.25) is 5.95 Å². The number of nitrogens with one attached hydrogen (secondary N) is 1. The number of aryl methyl sites for hydroxylation is 1. The van der Waals surface area contributed by atoms with Crippen molar-refractivity contribution in [3.8, 4) is 11.8 Å². The molecule has 0 atom stereocenters. The number of rotatable bonds is 8. The van der Waals surface area contributed by atoms with E-state index in [0.717, 1.165) is 43.5 Å². The summed E-state index contributed by atoms with van der Waals surface area (Å²) in [6, 6.07) is 9.87. The van der Waals surface area contributed by atoms with Gasteiger partial charge in [0.15, 0.2) is 16.3 Å². The quantitative estimate of drug-likeness (QED) is 0.273. The molecule has 0 amide bonds. The van der Waals surface area contributed by atoms with Crippen molar-refractivity contribution in [2.24, 2.45) is 0 Å². The summed E-state index contributed by atoms with van der Waals surface area (Å²) in [5.41, 5.74) is 1.59. The maximum absolute atomic E-state index is 13.7. The van der Waals surface area contributed by atoms with Crippen LogP contribution in [0.1, 0.15) is 12.5 Å². The summed E-state index contributed by atoms with van der Waals surface area (Å²) in [5.74, 6) is 5.48. The van der Waals surface area contributed by atoms with E-state index in [1.54, 1.807) is 11.5 Å². The molecule has 1 saturated heterocycles. The molecule has 0 aliphatic carbocycles. The third kappa shape index (κ3) is 5.73. The smallest absolute Gasteiger partial charge is 0.313 e. The number of nitrogens with zero attached hydrogens (tertiary/aromatic N) is 5. The SMILES string of the molecule is CC#CCn1c(N2CCNCC2)nc2nc(SCC(=O)O)n(CCc3ccccc3)c(=O)c21.Cl. The third-order valence-electron chi connectivity index (χ3n) is 5.41. The summed E-state index contributed by atoms with van der Waals surface area (Å²) in [5, 5.41) is 12.9. The molecule has 9 nitrogen and oxygen atoms in total. The number of carboxylic acids is 1. The molecule has 34 heavy (non-hydrogen) atoms. The Balaban J connectivity index is 0.00000324. The van der Waals surface area contributed by atoms with Crippen molar-refractivity contribution in [3.05, 3.63) is 46.2 Å². The number of hydrogen-bond acceptors (Lipinski definition) is 7. The van der Waals surface area contributed by atoms with Crippen molar-refractivity contribution < 1.29 is 9.90 Å². The molecular formula is C23H27ClN6O3S. The Labute approximate surface area is 208 Å². The Kier molecular flexibility index (Phi) is 8.98. The van der Waals surface area contributed by atoms with Crippen molar-refractivity contribution in [1.82, 2.24) is 24.4 Å². The number of hydrogen-bond donors (Lipinski definition) is 2. The minimum atomic E-state index is -0.964. The fraction of sp³-hybridized carbons (Fsp3) is 0.391. The normalized spacial score (nSPS) is 13.3. The largest absolute Gasteiger partial charge is 0.481 e. The zero-order valence-electron chi connectivity index (χ0n) is 18.9. The van der Waals surface area contributed by atoms with Crippen molar-refractivity contribution in [3.63, 3.8) is 0 Å². The van der Waals surface area contributed by atoms with Crippen LogP contribution in [-0.2, 0) is 24.3 Å². The molecule has 3 aromatic rings. The van der Waals surface area contributed by atoms with Crippen LogP contribution in [0.5, 0.6) is 0 Å². The van der Waals surface area contributed by atoms with Gasteiger partial charge in [-0.05, 0) is 18.9 Å². The van der Waals surface area contributed by atoms with Crippen molar-refractivity contribution in [2.45, 2.75) is 31.6 Å². The fourth-order valence-corrected chi connectivity index (χ4v) is 4.55. The minimum Gasteiger partial charge on any atom is -0.481 e. The Morgan fingerprint density at radius 1 is 1.18 bits per heavy atom. The highest BCUT2D eigenvalue weighted by atomic mass is 35.5. The van der Waals surface area contributed by atoms with E-state index in [1.807, 2.05) is 34.9 Å². The van der Waals surface area contributed by atoms with Crippen molar-refractivity contribution in [1.29, 1.82) is 0 Å². The van der Waals surface area contributed by atoms with Crippen molar-refractivity contribution in [2.75, 3.05) is 36.8 Å². The van der Waals surface area contributed by atoms with Gasteiger partial charge in [0.05, 0.1) is 12.3 Å². The number of halogens is 1. The Morgan fingerprint density at radius 2 is 1.91 bits per heavy atom. The van der Waals surface area contributed by atoms with Crippen molar-refractivity contribution >= 4 is 47.3 Å². The van der Waals surface area contributed by atoms with E-state index >= 15 is 0 Å². The van der Waals surface area contributed by atoms with Crippen LogP contribution in [0.4, 0.5) is 5.95 Å². The van der Waals surface area contributed by atoms with E-state index in [4.69, 9.17) is 4.98 Å². The van der Waals surface area contributed by atoms with Gasteiger partial charge in [0, 0.05) is 32.7 Å². The van der Waals surface area contributed by atoms with E-state index in [0.29, 0.717) is 41.8 Å². The minimum absolute atomic E-state index is 0. The zero-order valence-corrected chi connectivity index (χ0v) is 20.5. The highest BCUT2D eigenvalue weighted by Gasteiger charge is 2.24. The van der Waals surface area contributed by atoms with Gasteiger partial charge in [0.1, 0.15) is 0 Å². The van der Waals surface area contributed by atoms with Crippen LogP contribution >= 0.6 is 24.2 Å². The predicted octanol–water partition coefficient (Wildman–Crippen LogP) is 1.87. The van der Waals surface area contributed by atoms with Crippen LogP contribution in [0.3, 0.4) is 0 Å². The zero-order chi connectivity index (χ0) is 23.2. The number of anilines is 1. The van der Waals surface area contributed by atoms with Gasteiger partial charge < -0.3 is 15.3 Å². The second kappa shape index (κ2) is 11.9. The summed E-state index contributed by atoms with van der Waals surface area (Å²) in [7, 11) is 0. The molecule has 3 heterocycles. The Morgan fingerprint density at radius 3 is 2.59 bits per heavy atom. The van der Waals surface area contributed by atoms with E-state index in [2.05, 4.69) is 27.0 Å². The highest BCUT2D eigenvalue weighted by Crippen LogP contribution is 2.23. The van der Waals surface area contributed by atoms with Gasteiger partial charge >= 0.3 is 5.97 Å². The van der Waals surface area contributed by atoms with Crippen LogP contribution in [-0.4, -0.2) is 62.1 Å². The summed E-state index contributed by atoms with van der Waals surface area (Å²) in [4.78, 5) is 36.4. The van der Waals surface area contributed by atoms with Gasteiger partial charge in [-0.1, -0.05) is 48.0 Å². The maximum atomic E-state index is 13.7. The van der Waals surface area contributed by atoms with Gasteiger partial charge in [-0.3, -0.25) is 18.7 Å². The Bertz CT molecular complexity index is 1260. The first kappa shape index (κ1) is 25.6. The molecule has 1 aromatic carbocycles. The standard InChI is InChI=1S/C23H26N6O3S.ClH/c1-2-3-12-28-19-20(25-22(28)27-14-10-24-11-15-27)26-23(33-16-18(30)31)29(21(19)32)13-9-17-7-5-4-6-8-17;/h4-8,24H,9-16H2,1H3,(H,30,31);1H. The monoisotopic (exact) mass is 502 g/mol. The molecule has 180 valence electrons. The first-order valence-corrected chi connectivity index (χ1v) is 11.8. The maximum Gasteiger partial charge on any atom is 0.313 e. The van der Waals surface area contributed by atoms with E-state index in [9.17, 15) is 14.7 Å². The van der Waals surface area contributed by atoms with E-state index in [-0.39, 0.29) is 23.7 Å². The van der Waals surface area contributed by atoms with Crippen LogP contribution in [0.2, 0.25) is 0 Å². The number of carboxylic acid groups (broad SMARTS) is 1. The van der Waals surface area contributed by atoms with Gasteiger partial charge in [0.25, 0.3) is 5.56 Å². The number of aromatic nitrogens is 4. The second-order valence-electron chi connectivity index (χ2n) is 7.60. The Hall–Kier alpha value is -3.00. The number of benzene rings is 1.